The van der Waals surface area contributed by atoms with Crippen molar-refractivity contribution in [3.8, 4) is 11.4 Å². The van der Waals surface area contributed by atoms with Crippen LogP contribution in [0.1, 0.15) is 19.0 Å². The number of aromatic amines is 1. The molecule has 0 spiro atoms. The summed E-state index contributed by atoms with van der Waals surface area (Å²) < 4.78 is 57.3. The molecule has 24 heavy (non-hydrogen) atoms. The Labute approximate surface area is 137 Å². The van der Waals surface area contributed by atoms with E-state index in [0.29, 0.717) is 6.42 Å². The van der Waals surface area contributed by atoms with Gasteiger partial charge < -0.3 is 9.72 Å². The molecule has 0 amide bonds. The van der Waals surface area contributed by atoms with Crippen molar-refractivity contribution in [2.75, 3.05) is 6.61 Å². The molecule has 0 aliphatic rings. The highest BCUT2D eigenvalue weighted by Crippen LogP contribution is 2.29. The summed E-state index contributed by atoms with van der Waals surface area (Å²) in [6.07, 6.45) is -4.30. The van der Waals surface area contributed by atoms with Gasteiger partial charge in [-0.05, 0) is 12.5 Å². The molecule has 10 heteroatoms. The maximum Gasteiger partial charge on any atom is 0.431 e. The van der Waals surface area contributed by atoms with Crippen LogP contribution in [0.25, 0.3) is 5.69 Å². The predicted octanol–water partition coefficient (Wildman–Crippen LogP) is 3.13. The second-order valence-corrected chi connectivity index (χ2v) is 5.15. The average molecular weight is 367 g/mol. The minimum Gasteiger partial charge on any atom is -0.492 e. The van der Waals surface area contributed by atoms with E-state index in [0.717, 1.165) is 12.1 Å². The van der Waals surface area contributed by atoms with Gasteiger partial charge in [-0.3, -0.25) is 4.79 Å². The summed E-state index contributed by atoms with van der Waals surface area (Å²) in [5, 5.41) is -0.0962. The Morgan fingerprint density at radius 1 is 1.25 bits per heavy atom. The zero-order chi connectivity index (χ0) is 18.1. The topological polar surface area (TPSA) is 64.1 Å². The lowest BCUT2D eigenvalue weighted by molar-refractivity contribution is -0.141. The van der Waals surface area contributed by atoms with Crippen LogP contribution in [-0.4, -0.2) is 16.2 Å². The van der Waals surface area contributed by atoms with Gasteiger partial charge in [-0.1, -0.05) is 18.5 Å². The number of nitrogens with zero attached hydrogens (tertiary/aromatic N) is 1. The van der Waals surface area contributed by atoms with E-state index in [4.69, 9.17) is 16.3 Å². The van der Waals surface area contributed by atoms with Gasteiger partial charge in [-0.15, -0.1) is 0 Å². The molecule has 5 nitrogen and oxygen atoms in total. The van der Waals surface area contributed by atoms with Crippen molar-refractivity contribution in [2.45, 2.75) is 19.5 Å². The maximum atomic E-state index is 14.1. The summed E-state index contributed by atoms with van der Waals surface area (Å²) in [5.74, 6) is -1.06. The number of halogens is 5. The first-order valence-electron chi connectivity index (χ1n) is 6.71. The second-order valence-electron chi connectivity index (χ2n) is 4.74. The van der Waals surface area contributed by atoms with Crippen LogP contribution in [0.2, 0.25) is 5.02 Å². The molecule has 0 saturated heterocycles. The summed E-state index contributed by atoms with van der Waals surface area (Å²) in [7, 11) is 0. The van der Waals surface area contributed by atoms with E-state index in [2.05, 4.69) is 0 Å². The number of ether oxygens (including phenoxy) is 1. The molecule has 1 aromatic carbocycles. The molecule has 0 aliphatic heterocycles. The fourth-order valence-electron chi connectivity index (χ4n) is 1.89. The van der Waals surface area contributed by atoms with Gasteiger partial charge in [0.15, 0.2) is 0 Å². The van der Waals surface area contributed by atoms with Crippen LogP contribution in [0, 0.1) is 5.82 Å². The number of hydrogen-bond donors (Lipinski definition) is 1. The zero-order valence-corrected chi connectivity index (χ0v) is 13.0. The van der Waals surface area contributed by atoms with E-state index in [1.165, 1.54) is 4.98 Å². The van der Waals surface area contributed by atoms with E-state index >= 15 is 0 Å². The molecule has 1 aromatic heterocycles. The van der Waals surface area contributed by atoms with Crippen molar-refractivity contribution in [3.05, 3.63) is 55.6 Å². The third kappa shape index (κ3) is 3.61. The molecule has 0 bridgehead atoms. The lowest BCUT2D eigenvalue weighted by atomic mass is 10.2. The predicted molar refractivity (Wildman–Crippen MR) is 78.4 cm³/mol. The Kier molecular flexibility index (Phi) is 5.02. The molecule has 0 atom stereocenters. The van der Waals surface area contributed by atoms with Crippen LogP contribution >= 0.6 is 11.6 Å². The molecule has 1 N–H and O–H groups in total. The number of aromatic nitrogens is 2. The SMILES string of the molecule is CCCOc1cc(-n2c(=O)cc(C(F)(F)F)[nH]c2=O)c(F)cc1Cl. The molecular weight excluding hydrogens is 356 g/mol. The molecule has 1 heterocycles. The van der Waals surface area contributed by atoms with Gasteiger partial charge in [-0.25, -0.2) is 13.8 Å². The molecule has 2 rings (SSSR count). The third-order valence-electron chi connectivity index (χ3n) is 2.94. The molecular formula is C14H11ClF4N2O3. The maximum absolute atomic E-state index is 14.1. The van der Waals surface area contributed by atoms with E-state index in [1.807, 2.05) is 6.92 Å². The van der Waals surface area contributed by atoms with Crippen LogP contribution in [0.5, 0.6) is 5.75 Å². The quantitative estimate of drug-likeness (QED) is 0.846. The van der Waals surface area contributed by atoms with Gasteiger partial charge in [0.1, 0.15) is 17.3 Å². The van der Waals surface area contributed by atoms with Gasteiger partial charge in [0.05, 0.1) is 17.3 Å². The standard InChI is InChI=1S/C14H11ClF4N2O3/c1-2-3-24-10-5-9(8(16)4-7(10)15)21-12(22)6-11(14(17,18)19)20-13(21)23/h4-6H,2-3H2,1H3,(H,20,23). The number of benzene rings is 1. The lowest BCUT2D eigenvalue weighted by Gasteiger charge is -2.12. The fourth-order valence-corrected chi connectivity index (χ4v) is 2.09. The smallest absolute Gasteiger partial charge is 0.431 e. The molecule has 0 fully saturated rings. The first-order valence-corrected chi connectivity index (χ1v) is 7.08. The number of alkyl halides is 3. The number of nitrogens with one attached hydrogen (secondary N) is 1. The van der Waals surface area contributed by atoms with E-state index in [9.17, 15) is 27.2 Å². The van der Waals surface area contributed by atoms with Gasteiger partial charge >= 0.3 is 11.9 Å². The van der Waals surface area contributed by atoms with Crippen molar-refractivity contribution < 1.29 is 22.3 Å². The van der Waals surface area contributed by atoms with Crippen molar-refractivity contribution >= 4 is 11.6 Å². The van der Waals surface area contributed by atoms with Crippen molar-refractivity contribution in [2.24, 2.45) is 0 Å². The average Bonchev–Trinajstić information content (AvgIpc) is 2.46. The van der Waals surface area contributed by atoms with Crippen molar-refractivity contribution in [1.82, 2.24) is 9.55 Å². The van der Waals surface area contributed by atoms with Crippen LogP contribution in [0.15, 0.2) is 27.8 Å². The zero-order valence-electron chi connectivity index (χ0n) is 12.2. The highest BCUT2D eigenvalue weighted by molar-refractivity contribution is 6.32. The molecule has 0 radical (unpaired) electrons. The van der Waals surface area contributed by atoms with Gasteiger partial charge in [0.2, 0.25) is 0 Å². The van der Waals surface area contributed by atoms with E-state index < -0.39 is 34.6 Å². The van der Waals surface area contributed by atoms with Crippen LogP contribution < -0.4 is 16.0 Å². The largest absolute Gasteiger partial charge is 0.492 e. The summed E-state index contributed by atoms with van der Waals surface area (Å²) >= 11 is 5.80. The minimum absolute atomic E-state index is 0.00103. The van der Waals surface area contributed by atoms with Crippen LogP contribution in [0.4, 0.5) is 17.6 Å². The van der Waals surface area contributed by atoms with Crippen LogP contribution in [0.3, 0.4) is 0 Å². The normalized spacial score (nSPS) is 11.6. The highest BCUT2D eigenvalue weighted by atomic mass is 35.5. The third-order valence-corrected chi connectivity index (χ3v) is 3.24. The summed E-state index contributed by atoms with van der Waals surface area (Å²) in [4.78, 5) is 25.2. The Morgan fingerprint density at radius 3 is 2.46 bits per heavy atom. The van der Waals surface area contributed by atoms with Crippen molar-refractivity contribution in [1.29, 1.82) is 0 Å². The fraction of sp³-hybridized carbons (Fsp3) is 0.286. The first-order chi connectivity index (χ1) is 11.1. The van der Waals surface area contributed by atoms with Gasteiger partial charge in [0, 0.05) is 12.1 Å². The van der Waals surface area contributed by atoms with Crippen LogP contribution in [-0.2, 0) is 6.18 Å². The Bertz CT molecular complexity index is 843. The summed E-state index contributed by atoms with van der Waals surface area (Å²) in [6.45, 7) is 2.05. The Hall–Kier alpha value is -2.29. The number of H-pyrrole nitrogens is 1. The molecule has 0 aliphatic carbocycles. The summed E-state index contributed by atoms with van der Waals surface area (Å²) in [6, 6.07) is 1.96. The molecule has 0 unspecified atom stereocenters. The molecule has 2 aromatic rings. The van der Waals surface area contributed by atoms with Gasteiger partial charge in [0.25, 0.3) is 5.56 Å². The van der Waals surface area contributed by atoms with Gasteiger partial charge in [-0.2, -0.15) is 13.2 Å². The van der Waals surface area contributed by atoms with E-state index in [-0.39, 0.29) is 28.0 Å². The monoisotopic (exact) mass is 366 g/mol. The van der Waals surface area contributed by atoms with E-state index in [1.54, 1.807) is 0 Å². The van der Waals surface area contributed by atoms with Crippen molar-refractivity contribution in [3.63, 3.8) is 0 Å². The first kappa shape index (κ1) is 18.1. The highest BCUT2D eigenvalue weighted by Gasteiger charge is 2.33. The Balaban J connectivity index is 2.64. The summed E-state index contributed by atoms with van der Waals surface area (Å²) in [5.41, 5.74) is -4.86. The second kappa shape index (κ2) is 6.68. The molecule has 0 saturated carbocycles. The number of hydrogen-bond acceptors (Lipinski definition) is 3. The lowest BCUT2D eigenvalue weighted by Crippen LogP contribution is -2.36. The Morgan fingerprint density at radius 2 is 1.92 bits per heavy atom. The molecule has 130 valence electrons. The minimum atomic E-state index is -4.91. The number of rotatable bonds is 4.